The topological polar surface area (TPSA) is 79.0 Å². The second-order valence-corrected chi connectivity index (χ2v) is 10.7. The van der Waals surface area contributed by atoms with Crippen molar-refractivity contribution in [1.29, 1.82) is 0 Å². The molecular formula is C25H33N3O4S. The first-order chi connectivity index (χ1) is 16.0. The van der Waals surface area contributed by atoms with Crippen molar-refractivity contribution in [3.63, 3.8) is 0 Å². The van der Waals surface area contributed by atoms with Crippen LogP contribution < -0.4 is 5.32 Å². The van der Waals surface area contributed by atoms with Gasteiger partial charge in [0.15, 0.2) is 0 Å². The summed E-state index contributed by atoms with van der Waals surface area (Å²) in [4.78, 5) is 15.1. The van der Waals surface area contributed by atoms with Crippen LogP contribution in [-0.2, 0) is 32.5 Å². The Morgan fingerprint density at radius 1 is 0.939 bits per heavy atom. The second-order valence-electron chi connectivity index (χ2n) is 8.80. The zero-order valence-electron chi connectivity index (χ0n) is 19.0. The van der Waals surface area contributed by atoms with E-state index in [-0.39, 0.29) is 18.4 Å². The number of ether oxygens (including phenoxy) is 1. The molecule has 2 saturated heterocycles. The number of hydrogen-bond donors (Lipinski definition) is 1. The third-order valence-corrected chi connectivity index (χ3v) is 8.15. The molecule has 2 aliphatic heterocycles. The van der Waals surface area contributed by atoms with E-state index < -0.39 is 10.0 Å². The predicted octanol–water partition coefficient (Wildman–Crippen LogP) is 2.42. The Morgan fingerprint density at radius 3 is 2.39 bits per heavy atom. The SMILES string of the molecule is O=C(Cc1ccc(S(=O)(=O)N2CCCCC2)cc1)NCC1CN(Cc2ccccc2)CCO1. The lowest BCUT2D eigenvalue weighted by molar-refractivity contribution is -0.121. The summed E-state index contributed by atoms with van der Waals surface area (Å²) in [6, 6.07) is 17.0. The molecular weight excluding hydrogens is 438 g/mol. The number of rotatable bonds is 8. The highest BCUT2D eigenvalue weighted by molar-refractivity contribution is 7.89. The number of amides is 1. The summed E-state index contributed by atoms with van der Waals surface area (Å²) >= 11 is 0. The lowest BCUT2D eigenvalue weighted by Gasteiger charge is -2.33. The molecule has 0 aromatic heterocycles. The molecule has 1 atom stereocenters. The zero-order chi connectivity index (χ0) is 23.1. The Balaban J connectivity index is 1.24. The fraction of sp³-hybridized carbons (Fsp3) is 0.480. The zero-order valence-corrected chi connectivity index (χ0v) is 19.8. The van der Waals surface area contributed by atoms with Crippen LogP contribution in [0.1, 0.15) is 30.4 Å². The largest absolute Gasteiger partial charge is 0.374 e. The van der Waals surface area contributed by atoms with E-state index in [2.05, 4.69) is 22.3 Å². The minimum absolute atomic E-state index is 0.0384. The van der Waals surface area contributed by atoms with Gasteiger partial charge in [0, 0.05) is 39.3 Å². The van der Waals surface area contributed by atoms with E-state index in [4.69, 9.17) is 4.74 Å². The van der Waals surface area contributed by atoms with E-state index in [0.717, 1.165) is 44.5 Å². The van der Waals surface area contributed by atoms with Gasteiger partial charge >= 0.3 is 0 Å². The Hall–Kier alpha value is -2.26. The number of nitrogens with zero attached hydrogens (tertiary/aromatic N) is 2. The summed E-state index contributed by atoms with van der Waals surface area (Å²) in [7, 11) is -3.45. The number of benzene rings is 2. The maximum absolute atomic E-state index is 12.8. The average Bonchev–Trinajstić information content (AvgIpc) is 2.85. The summed E-state index contributed by atoms with van der Waals surface area (Å²) < 4.78 is 32.9. The Kier molecular flexibility index (Phi) is 8.14. The molecule has 7 nitrogen and oxygen atoms in total. The number of carbonyl (C=O) groups is 1. The first kappa shape index (κ1) is 23.9. The number of sulfonamides is 1. The van der Waals surface area contributed by atoms with Crippen molar-refractivity contribution in [3.8, 4) is 0 Å². The van der Waals surface area contributed by atoms with Gasteiger partial charge in [-0.25, -0.2) is 8.42 Å². The maximum Gasteiger partial charge on any atom is 0.243 e. The van der Waals surface area contributed by atoms with E-state index in [0.29, 0.717) is 31.1 Å². The van der Waals surface area contributed by atoms with Crippen LogP contribution in [0.25, 0.3) is 0 Å². The van der Waals surface area contributed by atoms with Gasteiger partial charge in [0.2, 0.25) is 15.9 Å². The lowest BCUT2D eigenvalue weighted by atomic mass is 10.1. The highest BCUT2D eigenvalue weighted by Crippen LogP contribution is 2.21. The molecule has 0 bridgehead atoms. The molecule has 1 amide bonds. The minimum Gasteiger partial charge on any atom is -0.374 e. The van der Waals surface area contributed by atoms with Crippen molar-refractivity contribution >= 4 is 15.9 Å². The summed E-state index contributed by atoms with van der Waals surface area (Å²) in [5.41, 5.74) is 2.06. The van der Waals surface area contributed by atoms with Gasteiger partial charge in [0.05, 0.1) is 24.0 Å². The predicted molar refractivity (Wildman–Crippen MR) is 127 cm³/mol. The molecule has 2 heterocycles. The van der Waals surface area contributed by atoms with Gasteiger partial charge < -0.3 is 10.1 Å². The molecule has 0 aliphatic carbocycles. The van der Waals surface area contributed by atoms with Gasteiger partial charge in [0.1, 0.15) is 0 Å². The normalized spacial score (nSPS) is 20.4. The fourth-order valence-electron chi connectivity index (χ4n) is 4.40. The summed E-state index contributed by atoms with van der Waals surface area (Å²) in [6.07, 6.45) is 3.07. The Bertz CT molecular complexity index is 1010. The minimum atomic E-state index is -3.45. The highest BCUT2D eigenvalue weighted by Gasteiger charge is 2.26. The molecule has 8 heteroatoms. The van der Waals surface area contributed by atoms with Crippen molar-refractivity contribution < 1.29 is 17.9 Å². The Labute approximate surface area is 196 Å². The molecule has 2 fully saturated rings. The van der Waals surface area contributed by atoms with E-state index >= 15 is 0 Å². The maximum atomic E-state index is 12.8. The van der Waals surface area contributed by atoms with E-state index in [1.165, 1.54) is 5.56 Å². The van der Waals surface area contributed by atoms with Gasteiger partial charge in [-0.15, -0.1) is 0 Å². The van der Waals surface area contributed by atoms with E-state index in [9.17, 15) is 13.2 Å². The Morgan fingerprint density at radius 2 is 1.67 bits per heavy atom. The van der Waals surface area contributed by atoms with Crippen molar-refractivity contribution in [2.75, 3.05) is 39.3 Å². The van der Waals surface area contributed by atoms with Gasteiger partial charge in [-0.05, 0) is 36.1 Å². The molecule has 2 aromatic carbocycles. The van der Waals surface area contributed by atoms with E-state index in [1.807, 2.05) is 18.2 Å². The number of morpholine rings is 1. The van der Waals surface area contributed by atoms with Crippen molar-refractivity contribution in [1.82, 2.24) is 14.5 Å². The fourth-order valence-corrected chi connectivity index (χ4v) is 5.92. The number of hydrogen-bond acceptors (Lipinski definition) is 5. The standard InChI is InChI=1S/C25H33N3O4S/c29-25(26-18-23-20-27(15-16-32-23)19-22-7-3-1-4-8-22)17-21-9-11-24(12-10-21)33(30,31)28-13-5-2-6-14-28/h1,3-4,7-12,23H,2,5-6,13-20H2,(H,26,29). The molecule has 0 saturated carbocycles. The smallest absolute Gasteiger partial charge is 0.243 e. The van der Waals surface area contributed by atoms with Crippen molar-refractivity contribution in [2.45, 2.75) is 43.2 Å². The molecule has 2 aromatic rings. The third kappa shape index (κ3) is 6.63. The van der Waals surface area contributed by atoms with Gasteiger partial charge in [-0.2, -0.15) is 4.31 Å². The lowest BCUT2D eigenvalue weighted by Crippen LogP contribution is -2.47. The van der Waals surface area contributed by atoms with Gasteiger partial charge in [-0.3, -0.25) is 9.69 Å². The van der Waals surface area contributed by atoms with Crippen LogP contribution >= 0.6 is 0 Å². The molecule has 178 valence electrons. The summed E-state index contributed by atoms with van der Waals surface area (Å²) in [5, 5.41) is 2.96. The van der Waals surface area contributed by atoms with Gasteiger partial charge in [-0.1, -0.05) is 48.9 Å². The summed E-state index contributed by atoms with van der Waals surface area (Å²) in [6.45, 7) is 4.81. The van der Waals surface area contributed by atoms with Crippen LogP contribution in [0.15, 0.2) is 59.5 Å². The van der Waals surface area contributed by atoms with Crippen molar-refractivity contribution in [2.24, 2.45) is 0 Å². The average molecular weight is 472 g/mol. The summed E-state index contributed by atoms with van der Waals surface area (Å²) in [5.74, 6) is -0.0922. The highest BCUT2D eigenvalue weighted by atomic mass is 32.2. The third-order valence-electron chi connectivity index (χ3n) is 6.24. The molecule has 1 N–H and O–H groups in total. The first-order valence-corrected chi connectivity index (χ1v) is 13.2. The first-order valence-electron chi connectivity index (χ1n) is 11.7. The van der Waals surface area contributed by atoms with Crippen LogP contribution in [0, 0.1) is 0 Å². The number of nitrogens with one attached hydrogen (secondary N) is 1. The van der Waals surface area contributed by atoms with Crippen LogP contribution in [0.4, 0.5) is 0 Å². The monoisotopic (exact) mass is 471 g/mol. The van der Waals surface area contributed by atoms with Gasteiger partial charge in [0.25, 0.3) is 0 Å². The van der Waals surface area contributed by atoms with Crippen LogP contribution in [0.3, 0.4) is 0 Å². The second kappa shape index (κ2) is 11.2. The molecule has 0 radical (unpaired) electrons. The molecule has 0 spiro atoms. The van der Waals surface area contributed by atoms with Crippen LogP contribution in [-0.4, -0.2) is 69.0 Å². The quantitative estimate of drug-likeness (QED) is 0.640. The molecule has 33 heavy (non-hydrogen) atoms. The van der Waals surface area contributed by atoms with Crippen molar-refractivity contribution in [3.05, 3.63) is 65.7 Å². The number of piperidine rings is 1. The van der Waals surface area contributed by atoms with Crippen LogP contribution in [0.2, 0.25) is 0 Å². The molecule has 4 rings (SSSR count). The molecule has 2 aliphatic rings. The van der Waals surface area contributed by atoms with E-state index in [1.54, 1.807) is 28.6 Å². The number of carbonyl (C=O) groups excluding carboxylic acids is 1. The van der Waals surface area contributed by atoms with Crippen LogP contribution in [0.5, 0.6) is 0 Å². The molecule has 1 unspecified atom stereocenters.